The van der Waals surface area contributed by atoms with Crippen molar-refractivity contribution in [2.75, 3.05) is 37.9 Å². The molecule has 2 aromatic carbocycles. The van der Waals surface area contributed by atoms with Crippen molar-refractivity contribution in [3.05, 3.63) is 36.4 Å². The van der Waals surface area contributed by atoms with E-state index in [9.17, 15) is 10.2 Å². The van der Waals surface area contributed by atoms with E-state index in [0.717, 1.165) is 0 Å². The Labute approximate surface area is 134 Å². The first-order chi connectivity index (χ1) is 11.1. The number of ether oxygens (including phenoxy) is 3. The lowest BCUT2D eigenvalue weighted by atomic mass is 10.3. The van der Waals surface area contributed by atoms with Crippen molar-refractivity contribution in [2.45, 2.75) is 0 Å². The van der Waals surface area contributed by atoms with Crippen LogP contribution < -0.4 is 20.9 Å². The fourth-order valence-electron chi connectivity index (χ4n) is 1.82. The maximum Gasteiger partial charge on any atom is 0.163 e. The number of aromatic hydroxyl groups is 2. The third kappa shape index (κ3) is 5.15. The normalized spacial score (nSPS) is 10.4. The van der Waals surface area contributed by atoms with E-state index < -0.39 is 0 Å². The Morgan fingerprint density at radius 2 is 1.13 bits per heavy atom. The SMILES string of the molecule is Nc1ccc(O)c(OCCOCCOc2cc(N)ccc2O)c1. The molecule has 0 atom stereocenters. The molecular formula is C16H20N2O5. The van der Waals surface area contributed by atoms with Crippen LogP contribution in [0, 0.1) is 0 Å². The number of nitrogen functional groups attached to an aromatic ring is 2. The van der Waals surface area contributed by atoms with Gasteiger partial charge >= 0.3 is 0 Å². The molecule has 2 rings (SSSR count). The summed E-state index contributed by atoms with van der Waals surface area (Å²) in [4.78, 5) is 0. The summed E-state index contributed by atoms with van der Waals surface area (Å²) in [5, 5.41) is 19.1. The lowest BCUT2D eigenvalue weighted by Gasteiger charge is -2.10. The summed E-state index contributed by atoms with van der Waals surface area (Å²) in [6, 6.07) is 9.19. The predicted octanol–water partition coefficient (Wildman–Crippen LogP) is 1.74. The second kappa shape index (κ2) is 8.00. The van der Waals surface area contributed by atoms with Gasteiger partial charge in [0.2, 0.25) is 0 Å². The standard InChI is InChI=1S/C16H20N2O5/c17-11-1-3-13(19)15(9-11)22-7-5-21-6-8-23-16-10-12(18)2-4-14(16)20/h1-4,9-10,19-20H,5-8,17-18H2. The number of benzene rings is 2. The molecule has 7 heteroatoms. The average molecular weight is 320 g/mol. The summed E-state index contributed by atoms with van der Waals surface area (Å²) in [6.07, 6.45) is 0. The lowest BCUT2D eigenvalue weighted by molar-refractivity contribution is 0.0751. The highest BCUT2D eigenvalue weighted by Crippen LogP contribution is 2.28. The van der Waals surface area contributed by atoms with Gasteiger partial charge in [-0.05, 0) is 24.3 Å². The Balaban J connectivity index is 1.63. The predicted molar refractivity (Wildman–Crippen MR) is 86.8 cm³/mol. The van der Waals surface area contributed by atoms with E-state index >= 15 is 0 Å². The summed E-state index contributed by atoms with van der Waals surface area (Å²) in [7, 11) is 0. The summed E-state index contributed by atoms with van der Waals surface area (Å²) < 4.78 is 16.1. The van der Waals surface area contributed by atoms with E-state index in [4.69, 9.17) is 25.7 Å². The van der Waals surface area contributed by atoms with Gasteiger partial charge < -0.3 is 35.9 Å². The van der Waals surface area contributed by atoms with Crippen molar-refractivity contribution >= 4 is 11.4 Å². The summed E-state index contributed by atoms with van der Waals surface area (Å²) in [5.74, 6) is 0.684. The van der Waals surface area contributed by atoms with Gasteiger partial charge in [-0.3, -0.25) is 0 Å². The van der Waals surface area contributed by atoms with E-state index in [1.54, 1.807) is 24.3 Å². The first-order valence-electron chi connectivity index (χ1n) is 7.06. The van der Waals surface area contributed by atoms with Crippen LogP contribution in [-0.4, -0.2) is 36.6 Å². The van der Waals surface area contributed by atoms with Crippen LogP contribution in [0.4, 0.5) is 11.4 Å². The van der Waals surface area contributed by atoms with Crippen LogP contribution in [0.1, 0.15) is 0 Å². The largest absolute Gasteiger partial charge is 0.504 e. The van der Waals surface area contributed by atoms with Gasteiger partial charge in [0.25, 0.3) is 0 Å². The van der Waals surface area contributed by atoms with Gasteiger partial charge in [0.15, 0.2) is 23.0 Å². The van der Waals surface area contributed by atoms with Gasteiger partial charge in [-0.15, -0.1) is 0 Å². The Morgan fingerprint density at radius 3 is 1.57 bits per heavy atom. The van der Waals surface area contributed by atoms with Crippen LogP contribution in [0.25, 0.3) is 0 Å². The molecule has 0 spiro atoms. The van der Waals surface area contributed by atoms with Crippen molar-refractivity contribution in [1.82, 2.24) is 0 Å². The molecule has 124 valence electrons. The van der Waals surface area contributed by atoms with E-state index in [-0.39, 0.29) is 24.7 Å². The van der Waals surface area contributed by atoms with Gasteiger partial charge in [-0.25, -0.2) is 0 Å². The summed E-state index contributed by atoms with van der Waals surface area (Å²) >= 11 is 0. The number of anilines is 2. The third-order valence-corrected chi connectivity index (χ3v) is 2.94. The third-order valence-electron chi connectivity index (χ3n) is 2.94. The monoisotopic (exact) mass is 320 g/mol. The first-order valence-corrected chi connectivity index (χ1v) is 7.06. The van der Waals surface area contributed by atoms with E-state index in [1.807, 2.05) is 0 Å². The molecule has 0 fully saturated rings. The van der Waals surface area contributed by atoms with Gasteiger partial charge in [0.1, 0.15) is 13.2 Å². The zero-order valence-corrected chi connectivity index (χ0v) is 12.6. The molecule has 0 heterocycles. The van der Waals surface area contributed by atoms with Crippen LogP contribution in [-0.2, 0) is 4.74 Å². The summed E-state index contributed by atoms with van der Waals surface area (Å²) in [5.41, 5.74) is 12.2. The minimum absolute atomic E-state index is 0.0275. The zero-order chi connectivity index (χ0) is 16.7. The molecule has 0 aliphatic rings. The highest BCUT2D eigenvalue weighted by molar-refractivity contribution is 5.51. The molecule has 0 radical (unpaired) electrons. The van der Waals surface area contributed by atoms with Gasteiger partial charge in [0.05, 0.1) is 13.2 Å². The number of phenols is 2. The van der Waals surface area contributed by atoms with Crippen LogP contribution in [0.5, 0.6) is 23.0 Å². The van der Waals surface area contributed by atoms with Crippen molar-refractivity contribution in [3.8, 4) is 23.0 Å². The topological polar surface area (TPSA) is 120 Å². The number of nitrogens with two attached hydrogens (primary N) is 2. The van der Waals surface area contributed by atoms with Crippen molar-refractivity contribution < 1.29 is 24.4 Å². The molecular weight excluding hydrogens is 300 g/mol. The van der Waals surface area contributed by atoms with Crippen LogP contribution in [0.3, 0.4) is 0 Å². The van der Waals surface area contributed by atoms with Crippen molar-refractivity contribution in [2.24, 2.45) is 0 Å². The van der Waals surface area contributed by atoms with Crippen LogP contribution >= 0.6 is 0 Å². The van der Waals surface area contributed by atoms with Gasteiger partial charge in [-0.2, -0.15) is 0 Å². The van der Waals surface area contributed by atoms with E-state index in [2.05, 4.69) is 0 Å². The highest BCUT2D eigenvalue weighted by Gasteiger charge is 2.04. The smallest absolute Gasteiger partial charge is 0.163 e. The van der Waals surface area contributed by atoms with Crippen molar-refractivity contribution in [3.63, 3.8) is 0 Å². The van der Waals surface area contributed by atoms with Crippen LogP contribution in [0.15, 0.2) is 36.4 Å². The Bertz CT molecular complexity index is 593. The number of phenolic OH excluding ortho intramolecular Hbond substituents is 2. The molecule has 7 nitrogen and oxygen atoms in total. The Hall–Kier alpha value is -2.80. The fourth-order valence-corrected chi connectivity index (χ4v) is 1.82. The zero-order valence-electron chi connectivity index (χ0n) is 12.6. The van der Waals surface area contributed by atoms with Gasteiger partial charge in [0, 0.05) is 23.5 Å². The Morgan fingerprint density at radius 1 is 0.696 bits per heavy atom. The first kappa shape index (κ1) is 16.6. The molecule has 0 aromatic heterocycles. The second-order valence-electron chi connectivity index (χ2n) is 4.76. The molecule has 0 amide bonds. The van der Waals surface area contributed by atoms with Crippen molar-refractivity contribution in [1.29, 1.82) is 0 Å². The maximum atomic E-state index is 9.57. The fraction of sp³-hybridized carbons (Fsp3) is 0.250. The molecule has 0 unspecified atom stereocenters. The maximum absolute atomic E-state index is 9.57. The lowest BCUT2D eigenvalue weighted by Crippen LogP contribution is -2.12. The number of hydrogen-bond donors (Lipinski definition) is 4. The van der Waals surface area contributed by atoms with Crippen LogP contribution in [0.2, 0.25) is 0 Å². The molecule has 6 N–H and O–H groups in total. The minimum atomic E-state index is 0.0275. The van der Waals surface area contributed by atoms with Gasteiger partial charge in [-0.1, -0.05) is 0 Å². The summed E-state index contributed by atoms with van der Waals surface area (Å²) in [6.45, 7) is 1.17. The number of rotatable bonds is 8. The molecule has 0 bridgehead atoms. The average Bonchev–Trinajstić information content (AvgIpc) is 2.52. The molecule has 2 aromatic rings. The highest BCUT2D eigenvalue weighted by atomic mass is 16.5. The second-order valence-corrected chi connectivity index (χ2v) is 4.76. The molecule has 0 aliphatic carbocycles. The molecule has 0 aliphatic heterocycles. The van der Waals surface area contributed by atoms with E-state index in [1.165, 1.54) is 12.1 Å². The minimum Gasteiger partial charge on any atom is -0.504 e. The number of hydrogen-bond acceptors (Lipinski definition) is 7. The molecule has 0 saturated carbocycles. The Kier molecular flexibility index (Phi) is 5.76. The van der Waals surface area contributed by atoms with E-state index in [0.29, 0.717) is 36.1 Å². The quantitative estimate of drug-likeness (QED) is 0.332. The molecule has 23 heavy (non-hydrogen) atoms. The molecule has 0 saturated heterocycles.